The standard InChI is InChI=1S/C14H26N2O3S2/c1-3-4-11-19-12-5-9-16-21(17,18)14-7-6-13(20-14)8-10-15-2/h6-7,15-16H,3-5,8-12H2,1-2H3. The molecule has 1 aromatic heterocycles. The van der Waals surface area contributed by atoms with Gasteiger partial charge in [0.2, 0.25) is 10.0 Å². The predicted octanol–water partition coefficient (Wildman–Crippen LogP) is 2.00. The Balaban J connectivity index is 2.31. The normalized spacial score (nSPS) is 11.9. The zero-order valence-corrected chi connectivity index (χ0v) is 14.5. The molecule has 0 fully saturated rings. The number of thiophene rings is 1. The topological polar surface area (TPSA) is 67.4 Å². The van der Waals surface area contributed by atoms with Crippen molar-refractivity contribution in [2.45, 2.75) is 36.8 Å². The van der Waals surface area contributed by atoms with E-state index >= 15 is 0 Å². The van der Waals surface area contributed by atoms with Crippen LogP contribution in [-0.2, 0) is 21.2 Å². The van der Waals surface area contributed by atoms with Crippen LogP contribution < -0.4 is 10.0 Å². The molecule has 1 heterocycles. The number of hydrogen-bond donors (Lipinski definition) is 2. The first-order chi connectivity index (χ1) is 10.1. The second-order valence-electron chi connectivity index (χ2n) is 4.79. The van der Waals surface area contributed by atoms with Crippen molar-refractivity contribution >= 4 is 21.4 Å². The summed E-state index contributed by atoms with van der Waals surface area (Å²) >= 11 is 1.33. The van der Waals surface area contributed by atoms with Gasteiger partial charge < -0.3 is 10.1 Å². The van der Waals surface area contributed by atoms with Crippen molar-refractivity contribution in [1.29, 1.82) is 0 Å². The average Bonchev–Trinajstić information content (AvgIpc) is 2.94. The predicted molar refractivity (Wildman–Crippen MR) is 87.5 cm³/mol. The van der Waals surface area contributed by atoms with Gasteiger partial charge >= 0.3 is 0 Å². The van der Waals surface area contributed by atoms with Gasteiger partial charge in [-0.3, -0.25) is 0 Å². The summed E-state index contributed by atoms with van der Waals surface area (Å²) in [6, 6.07) is 3.56. The first kappa shape index (κ1) is 18.6. The Bertz CT molecular complexity index is 486. The van der Waals surface area contributed by atoms with Crippen LogP contribution in [0.25, 0.3) is 0 Å². The van der Waals surface area contributed by atoms with E-state index in [4.69, 9.17) is 4.74 Å². The largest absolute Gasteiger partial charge is 0.381 e. The van der Waals surface area contributed by atoms with Crippen molar-refractivity contribution < 1.29 is 13.2 Å². The molecule has 0 saturated heterocycles. The van der Waals surface area contributed by atoms with Crippen molar-refractivity contribution in [2.75, 3.05) is 33.4 Å². The number of likely N-dealkylation sites (N-methyl/N-ethyl adjacent to an activating group) is 1. The number of unbranched alkanes of at least 4 members (excludes halogenated alkanes) is 1. The molecular weight excluding hydrogens is 308 g/mol. The Morgan fingerprint density at radius 3 is 2.67 bits per heavy atom. The lowest BCUT2D eigenvalue weighted by molar-refractivity contribution is 0.130. The van der Waals surface area contributed by atoms with Gasteiger partial charge in [-0.25, -0.2) is 13.1 Å². The molecule has 5 nitrogen and oxygen atoms in total. The first-order valence-electron chi connectivity index (χ1n) is 7.41. The van der Waals surface area contributed by atoms with Crippen molar-refractivity contribution in [3.05, 3.63) is 17.0 Å². The molecular formula is C14H26N2O3S2. The number of ether oxygens (including phenoxy) is 1. The molecule has 0 unspecified atom stereocenters. The maximum absolute atomic E-state index is 12.1. The maximum Gasteiger partial charge on any atom is 0.250 e. The van der Waals surface area contributed by atoms with E-state index < -0.39 is 10.0 Å². The molecule has 1 rings (SSSR count). The molecule has 122 valence electrons. The Kier molecular flexibility index (Phi) is 9.10. The van der Waals surface area contributed by atoms with Crippen LogP contribution in [-0.4, -0.2) is 41.8 Å². The first-order valence-corrected chi connectivity index (χ1v) is 9.71. The highest BCUT2D eigenvalue weighted by Gasteiger charge is 2.15. The molecule has 21 heavy (non-hydrogen) atoms. The van der Waals surface area contributed by atoms with Gasteiger partial charge in [0.25, 0.3) is 0 Å². The highest BCUT2D eigenvalue weighted by Crippen LogP contribution is 2.21. The molecule has 0 bridgehead atoms. The summed E-state index contributed by atoms with van der Waals surface area (Å²) in [5, 5.41) is 3.05. The molecule has 0 atom stereocenters. The SMILES string of the molecule is CCCCOCCCNS(=O)(=O)c1ccc(CCNC)s1. The van der Waals surface area contributed by atoms with Crippen LogP contribution in [0.3, 0.4) is 0 Å². The van der Waals surface area contributed by atoms with E-state index in [1.807, 2.05) is 13.1 Å². The minimum absolute atomic E-state index is 0.389. The smallest absolute Gasteiger partial charge is 0.250 e. The van der Waals surface area contributed by atoms with Gasteiger partial charge in [0.15, 0.2) is 0 Å². The fourth-order valence-electron chi connectivity index (χ4n) is 1.69. The van der Waals surface area contributed by atoms with Crippen LogP contribution in [0.4, 0.5) is 0 Å². The lowest BCUT2D eigenvalue weighted by atomic mass is 10.3. The summed E-state index contributed by atoms with van der Waals surface area (Å²) in [7, 11) is -1.49. The molecule has 0 aliphatic heterocycles. The van der Waals surface area contributed by atoms with Crippen molar-refractivity contribution in [3.8, 4) is 0 Å². The number of rotatable bonds is 12. The van der Waals surface area contributed by atoms with Crippen LogP contribution in [0.15, 0.2) is 16.3 Å². The third-order valence-corrected chi connectivity index (χ3v) is 6.02. The molecule has 0 spiro atoms. The summed E-state index contributed by atoms with van der Waals surface area (Å²) in [5.41, 5.74) is 0. The van der Waals surface area contributed by atoms with Gasteiger partial charge in [-0.15, -0.1) is 11.3 Å². The molecule has 1 aromatic rings. The Morgan fingerprint density at radius 1 is 1.19 bits per heavy atom. The highest BCUT2D eigenvalue weighted by atomic mass is 32.2. The van der Waals surface area contributed by atoms with E-state index in [-0.39, 0.29) is 0 Å². The number of sulfonamides is 1. The number of hydrogen-bond acceptors (Lipinski definition) is 5. The Morgan fingerprint density at radius 2 is 1.95 bits per heavy atom. The fourth-order valence-corrected chi connectivity index (χ4v) is 4.16. The lowest BCUT2D eigenvalue weighted by Crippen LogP contribution is -2.24. The van der Waals surface area contributed by atoms with Crippen LogP contribution in [0.5, 0.6) is 0 Å². The van der Waals surface area contributed by atoms with E-state index in [9.17, 15) is 8.42 Å². The molecule has 0 radical (unpaired) electrons. The maximum atomic E-state index is 12.1. The van der Waals surface area contributed by atoms with Crippen molar-refractivity contribution in [1.82, 2.24) is 10.0 Å². The monoisotopic (exact) mass is 334 g/mol. The lowest BCUT2D eigenvalue weighted by Gasteiger charge is -2.05. The molecule has 0 saturated carbocycles. The van der Waals surface area contributed by atoms with Gasteiger partial charge in [0.05, 0.1) is 0 Å². The summed E-state index contributed by atoms with van der Waals surface area (Å²) in [6.45, 7) is 4.73. The van der Waals surface area contributed by atoms with Crippen LogP contribution in [0.2, 0.25) is 0 Å². The zero-order chi connectivity index (χ0) is 15.6. The second-order valence-corrected chi connectivity index (χ2v) is 7.95. The van der Waals surface area contributed by atoms with Crippen molar-refractivity contribution in [2.24, 2.45) is 0 Å². The summed E-state index contributed by atoms with van der Waals surface area (Å²) in [6.07, 6.45) is 3.71. The Hall–Kier alpha value is -0.470. The molecule has 0 amide bonds. The van der Waals surface area contributed by atoms with Gasteiger partial charge in [-0.05, 0) is 45.0 Å². The van der Waals surface area contributed by atoms with E-state index in [2.05, 4.69) is 17.0 Å². The summed E-state index contributed by atoms with van der Waals surface area (Å²) in [5.74, 6) is 0. The van der Waals surface area contributed by atoms with Crippen LogP contribution >= 0.6 is 11.3 Å². The summed E-state index contributed by atoms with van der Waals surface area (Å²) in [4.78, 5) is 1.08. The Labute approximate surface area is 132 Å². The molecule has 0 aliphatic rings. The quantitative estimate of drug-likeness (QED) is 0.574. The second kappa shape index (κ2) is 10.3. The average molecular weight is 335 g/mol. The number of nitrogens with one attached hydrogen (secondary N) is 2. The minimum atomic E-state index is -3.37. The van der Waals surface area contributed by atoms with E-state index in [1.54, 1.807) is 6.07 Å². The van der Waals surface area contributed by atoms with E-state index in [1.165, 1.54) is 11.3 Å². The molecule has 0 aromatic carbocycles. The molecule has 2 N–H and O–H groups in total. The van der Waals surface area contributed by atoms with Gasteiger partial charge in [0, 0.05) is 24.6 Å². The van der Waals surface area contributed by atoms with Gasteiger partial charge in [0.1, 0.15) is 4.21 Å². The van der Waals surface area contributed by atoms with Crippen LogP contribution in [0, 0.1) is 0 Å². The fraction of sp³-hybridized carbons (Fsp3) is 0.714. The molecule has 0 aliphatic carbocycles. The van der Waals surface area contributed by atoms with Crippen LogP contribution in [0.1, 0.15) is 31.1 Å². The summed E-state index contributed by atoms with van der Waals surface area (Å²) < 4.78 is 32.6. The van der Waals surface area contributed by atoms with Gasteiger partial charge in [-0.1, -0.05) is 13.3 Å². The molecule has 7 heteroatoms. The minimum Gasteiger partial charge on any atom is -0.381 e. The highest BCUT2D eigenvalue weighted by molar-refractivity contribution is 7.91. The van der Waals surface area contributed by atoms with E-state index in [0.29, 0.717) is 23.8 Å². The van der Waals surface area contributed by atoms with Crippen molar-refractivity contribution in [3.63, 3.8) is 0 Å². The third kappa shape index (κ3) is 7.37. The van der Waals surface area contributed by atoms with Gasteiger partial charge in [-0.2, -0.15) is 0 Å². The van der Waals surface area contributed by atoms with E-state index in [0.717, 1.165) is 37.3 Å². The zero-order valence-electron chi connectivity index (χ0n) is 12.9. The third-order valence-electron chi connectivity index (χ3n) is 2.92.